The molecule has 0 saturated heterocycles. The average molecular weight is 457 g/mol. The molecular formula is C23H27N3O7. The van der Waals surface area contributed by atoms with Crippen LogP contribution in [0.5, 0.6) is 17.2 Å². The molecule has 3 rings (SSSR count). The lowest BCUT2D eigenvalue weighted by atomic mass is 9.93. The van der Waals surface area contributed by atoms with Crippen LogP contribution < -0.4 is 24.4 Å². The molecule has 0 fully saturated rings. The fourth-order valence-corrected chi connectivity index (χ4v) is 3.57. The number of methoxy groups -OCH3 is 2. The Morgan fingerprint density at radius 2 is 1.88 bits per heavy atom. The summed E-state index contributed by atoms with van der Waals surface area (Å²) in [6, 6.07) is 7.33. The smallest absolute Gasteiger partial charge is 0.286 e. The van der Waals surface area contributed by atoms with Gasteiger partial charge in [0.15, 0.2) is 11.5 Å². The number of nitro benzene ring substituents is 1. The molecule has 1 aliphatic rings. The van der Waals surface area contributed by atoms with E-state index in [1.165, 1.54) is 20.3 Å². The number of carbonyl (C=O) groups is 2. The molecule has 2 aromatic rings. The molecule has 0 aromatic heterocycles. The summed E-state index contributed by atoms with van der Waals surface area (Å²) in [5, 5.41) is 14.2. The highest BCUT2D eigenvalue weighted by molar-refractivity contribution is 6.08. The number of hydrogen-bond donors (Lipinski definition) is 1. The summed E-state index contributed by atoms with van der Waals surface area (Å²) >= 11 is 0. The van der Waals surface area contributed by atoms with Gasteiger partial charge < -0.3 is 24.4 Å². The van der Waals surface area contributed by atoms with Crippen LogP contribution in [-0.4, -0.2) is 44.1 Å². The van der Waals surface area contributed by atoms with Gasteiger partial charge in [0, 0.05) is 18.3 Å². The van der Waals surface area contributed by atoms with Gasteiger partial charge >= 0.3 is 0 Å². The fourth-order valence-electron chi connectivity index (χ4n) is 3.57. The lowest BCUT2D eigenvalue weighted by molar-refractivity contribution is -0.385. The number of benzene rings is 2. The van der Waals surface area contributed by atoms with Crippen molar-refractivity contribution in [1.29, 1.82) is 0 Å². The zero-order chi connectivity index (χ0) is 24.3. The molecule has 2 aromatic carbocycles. The van der Waals surface area contributed by atoms with Crippen LogP contribution in [0.4, 0.5) is 17.1 Å². The second-order valence-electron chi connectivity index (χ2n) is 8.25. The van der Waals surface area contributed by atoms with Crippen LogP contribution in [0, 0.1) is 15.5 Å². The summed E-state index contributed by atoms with van der Waals surface area (Å²) in [4.78, 5) is 38.6. The number of ether oxygens (including phenoxy) is 3. The zero-order valence-electron chi connectivity index (χ0n) is 19.3. The Morgan fingerprint density at radius 3 is 2.48 bits per heavy atom. The normalized spacial score (nSPS) is 14.6. The first-order valence-corrected chi connectivity index (χ1v) is 10.4. The minimum absolute atomic E-state index is 0.0814. The van der Waals surface area contributed by atoms with E-state index in [1.807, 2.05) is 20.8 Å². The van der Waals surface area contributed by atoms with Gasteiger partial charge in [0.25, 0.3) is 11.6 Å². The van der Waals surface area contributed by atoms with Crippen LogP contribution in [-0.2, 0) is 4.79 Å². The first-order chi connectivity index (χ1) is 15.6. The number of rotatable bonds is 7. The van der Waals surface area contributed by atoms with Gasteiger partial charge in [-0.1, -0.05) is 6.92 Å². The third-order valence-electron chi connectivity index (χ3n) is 5.31. The summed E-state index contributed by atoms with van der Waals surface area (Å²) in [7, 11) is 2.72. The maximum atomic E-state index is 13.1. The monoisotopic (exact) mass is 457 g/mol. The minimum atomic E-state index is -0.710. The third-order valence-corrected chi connectivity index (χ3v) is 5.31. The molecular weight excluding hydrogens is 430 g/mol. The number of nitrogens with one attached hydrogen (secondary N) is 1. The Bertz CT molecular complexity index is 1100. The van der Waals surface area contributed by atoms with Crippen molar-refractivity contribution in [1.82, 2.24) is 0 Å². The Morgan fingerprint density at radius 1 is 1.21 bits per heavy atom. The number of carbonyl (C=O) groups excluding carboxylic acids is 2. The highest BCUT2D eigenvalue weighted by Gasteiger charge is 2.37. The maximum absolute atomic E-state index is 13.1. The van der Waals surface area contributed by atoms with E-state index >= 15 is 0 Å². The van der Waals surface area contributed by atoms with Gasteiger partial charge in [0.2, 0.25) is 5.91 Å². The van der Waals surface area contributed by atoms with Gasteiger partial charge in [-0.05, 0) is 38.5 Å². The van der Waals surface area contributed by atoms with Crippen LogP contribution in [0.2, 0.25) is 0 Å². The van der Waals surface area contributed by atoms with Gasteiger partial charge in [-0.3, -0.25) is 19.7 Å². The quantitative estimate of drug-likeness (QED) is 0.492. The standard InChI is InChI=1S/C23H27N3O7/c1-6-9-25-17-10-14(7-8-18(17)33-13-23(2,3)22(25)28)24-21(27)15-11-19(31-4)20(32-5)12-16(15)26(29)30/h7-8,10-12H,6,9,13H2,1-5H3,(H,24,27). The first kappa shape index (κ1) is 23.8. The summed E-state index contributed by atoms with van der Waals surface area (Å²) in [5.41, 5.74) is -0.427. The van der Waals surface area contributed by atoms with Crippen molar-refractivity contribution in [3.63, 3.8) is 0 Å². The molecule has 0 atom stereocenters. The van der Waals surface area contributed by atoms with E-state index in [2.05, 4.69) is 5.32 Å². The second-order valence-corrected chi connectivity index (χ2v) is 8.25. The average Bonchev–Trinajstić information content (AvgIpc) is 2.88. The summed E-state index contributed by atoms with van der Waals surface area (Å²) in [6.45, 7) is 6.32. The lowest BCUT2D eigenvalue weighted by Crippen LogP contribution is -2.42. The lowest BCUT2D eigenvalue weighted by Gasteiger charge is -2.27. The number of nitrogens with zero attached hydrogens (tertiary/aromatic N) is 2. The molecule has 0 radical (unpaired) electrons. The molecule has 1 heterocycles. The molecule has 176 valence electrons. The fraction of sp³-hybridized carbons (Fsp3) is 0.391. The molecule has 0 unspecified atom stereocenters. The molecule has 1 aliphatic heterocycles. The first-order valence-electron chi connectivity index (χ1n) is 10.4. The minimum Gasteiger partial charge on any atom is -0.493 e. The van der Waals surface area contributed by atoms with Crippen molar-refractivity contribution in [2.45, 2.75) is 27.2 Å². The SMILES string of the molecule is CCCN1C(=O)C(C)(C)COc2ccc(NC(=O)c3cc(OC)c(OC)cc3[N+](=O)[O-])cc21. The Kier molecular flexibility index (Phi) is 6.75. The number of nitro groups is 1. The molecule has 0 spiro atoms. The number of fused-ring (bicyclic) bond motifs is 1. The molecule has 0 aliphatic carbocycles. The summed E-state index contributed by atoms with van der Waals surface area (Å²) in [6.07, 6.45) is 0.732. The van der Waals surface area contributed by atoms with E-state index in [4.69, 9.17) is 14.2 Å². The van der Waals surface area contributed by atoms with E-state index in [0.29, 0.717) is 23.7 Å². The summed E-state index contributed by atoms with van der Waals surface area (Å²) in [5.74, 6) is 0.0650. The van der Waals surface area contributed by atoms with Crippen LogP contribution in [0.25, 0.3) is 0 Å². The number of amides is 2. The van der Waals surface area contributed by atoms with Crippen molar-refractivity contribution >= 4 is 28.9 Å². The van der Waals surface area contributed by atoms with Crippen LogP contribution in [0.1, 0.15) is 37.6 Å². The highest BCUT2D eigenvalue weighted by Crippen LogP contribution is 2.39. The number of hydrogen-bond acceptors (Lipinski definition) is 7. The Hall–Kier alpha value is -3.82. The van der Waals surface area contributed by atoms with Crippen molar-refractivity contribution < 1.29 is 28.7 Å². The predicted molar refractivity (Wildman–Crippen MR) is 123 cm³/mol. The third kappa shape index (κ3) is 4.69. The molecule has 0 saturated carbocycles. The van der Waals surface area contributed by atoms with E-state index in [1.54, 1.807) is 23.1 Å². The van der Waals surface area contributed by atoms with Gasteiger partial charge in [-0.25, -0.2) is 0 Å². The molecule has 10 heteroatoms. The Balaban J connectivity index is 1.99. The van der Waals surface area contributed by atoms with Crippen molar-refractivity contribution in [3.8, 4) is 17.2 Å². The van der Waals surface area contributed by atoms with Crippen molar-refractivity contribution in [2.75, 3.05) is 37.6 Å². The maximum Gasteiger partial charge on any atom is 0.286 e. The van der Waals surface area contributed by atoms with Crippen LogP contribution in [0.15, 0.2) is 30.3 Å². The largest absolute Gasteiger partial charge is 0.493 e. The van der Waals surface area contributed by atoms with Gasteiger partial charge in [-0.15, -0.1) is 0 Å². The molecule has 1 N–H and O–H groups in total. The zero-order valence-corrected chi connectivity index (χ0v) is 19.3. The predicted octanol–water partition coefficient (Wildman–Crippen LogP) is 4.03. The van der Waals surface area contributed by atoms with Crippen LogP contribution in [0.3, 0.4) is 0 Å². The summed E-state index contributed by atoms with van der Waals surface area (Å²) < 4.78 is 16.2. The molecule has 2 amide bonds. The van der Waals surface area contributed by atoms with E-state index < -0.39 is 21.9 Å². The molecule has 33 heavy (non-hydrogen) atoms. The van der Waals surface area contributed by atoms with Gasteiger partial charge in [0.05, 0.1) is 36.3 Å². The second kappa shape index (κ2) is 9.35. The van der Waals surface area contributed by atoms with Crippen LogP contribution >= 0.6 is 0 Å². The van der Waals surface area contributed by atoms with Crippen molar-refractivity contribution in [2.24, 2.45) is 5.41 Å². The van der Waals surface area contributed by atoms with Gasteiger partial charge in [0.1, 0.15) is 17.9 Å². The Labute approximate surface area is 191 Å². The van der Waals surface area contributed by atoms with E-state index in [9.17, 15) is 19.7 Å². The topological polar surface area (TPSA) is 120 Å². The molecule has 10 nitrogen and oxygen atoms in total. The van der Waals surface area contributed by atoms with Gasteiger partial charge in [-0.2, -0.15) is 0 Å². The van der Waals surface area contributed by atoms with E-state index in [-0.39, 0.29) is 29.6 Å². The number of anilines is 2. The highest BCUT2D eigenvalue weighted by atomic mass is 16.6. The van der Waals surface area contributed by atoms with Crippen molar-refractivity contribution in [3.05, 3.63) is 46.0 Å². The van der Waals surface area contributed by atoms with E-state index in [0.717, 1.165) is 12.5 Å². The molecule has 0 bridgehead atoms.